The van der Waals surface area contributed by atoms with E-state index in [4.69, 9.17) is 0 Å². The number of likely N-dealkylation sites (tertiary alicyclic amines) is 1. The number of benzene rings is 1. The maximum atomic E-state index is 11.9. The van der Waals surface area contributed by atoms with Crippen molar-refractivity contribution >= 4 is 35.8 Å². The molecular formula is C19H31IN4O. The summed E-state index contributed by atoms with van der Waals surface area (Å²) in [5, 5.41) is 3.46. The molecule has 1 heterocycles. The van der Waals surface area contributed by atoms with Gasteiger partial charge in [0.15, 0.2) is 5.96 Å². The average Bonchev–Trinajstić information content (AvgIpc) is 2.58. The van der Waals surface area contributed by atoms with Gasteiger partial charge < -0.3 is 15.1 Å². The van der Waals surface area contributed by atoms with Gasteiger partial charge in [0.05, 0.1) is 0 Å². The van der Waals surface area contributed by atoms with Gasteiger partial charge in [-0.1, -0.05) is 37.3 Å². The Morgan fingerprint density at radius 3 is 2.68 bits per heavy atom. The van der Waals surface area contributed by atoms with Gasteiger partial charge in [-0.15, -0.1) is 24.0 Å². The number of amides is 1. The Hall–Kier alpha value is -1.31. The molecule has 1 amide bonds. The molecule has 0 saturated carbocycles. The lowest BCUT2D eigenvalue weighted by atomic mass is 10.0. The Morgan fingerprint density at radius 2 is 2.04 bits per heavy atom. The van der Waals surface area contributed by atoms with Crippen LogP contribution in [-0.4, -0.2) is 61.9 Å². The second kappa shape index (κ2) is 11.3. The molecule has 140 valence electrons. The van der Waals surface area contributed by atoms with Crippen LogP contribution >= 0.6 is 24.0 Å². The number of carbonyl (C=O) groups is 1. The van der Waals surface area contributed by atoms with Crippen molar-refractivity contribution in [2.45, 2.75) is 26.2 Å². The molecule has 1 fully saturated rings. The molecule has 1 aliphatic rings. The van der Waals surface area contributed by atoms with E-state index < -0.39 is 0 Å². The lowest BCUT2D eigenvalue weighted by molar-refractivity contribution is -0.127. The predicted octanol–water partition coefficient (Wildman–Crippen LogP) is 2.61. The number of nitrogens with zero attached hydrogens (tertiary/aromatic N) is 3. The summed E-state index contributed by atoms with van der Waals surface area (Å²) in [5.41, 5.74) is 1.31. The molecule has 1 aliphatic heterocycles. The molecule has 1 N–H and O–H groups in total. The number of rotatable bonds is 5. The highest BCUT2D eigenvalue weighted by Crippen LogP contribution is 2.15. The van der Waals surface area contributed by atoms with E-state index in [0.717, 1.165) is 32.0 Å². The number of hydrogen-bond acceptors (Lipinski definition) is 2. The number of likely N-dealkylation sites (N-methyl/N-ethyl adjacent to an activating group) is 1. The van der Waals surface area contributed by atoms with E-state index in [1.54, 1.807) is 19.0 Å². The summed E-state index contributed by atoms with van der Waals surface area (Å²) < 4.78 is 0. The van der Waals surface area contributed by atoms with Gasteiger partial charge >= 0.3 is 0 Å². The number of guanidine groups is 1. The van der Waals surface area contributed by atoms with E-state index in [-0.39, 0.29) is 36.4 Å². The third kappa shape index (κ3) is 7.63. The summed E-state index contributed by atoms with van der Waals surface area (Å²) in [4.78, 5) is 20.3. The standard InChI is InChI=1S/C19H30N4O.HI/c1-16-8-7-13-23(15-16)19(21-14-18(24)22(2)3)20-12-11-17-9-5-4-6-10-17;/h4-6,9-10,16H,7-8,11-15H2,1-3H3,(H,20,21);1H. The first-order chi connectivity index (χ1) is 11.6. The van der Waals surface area contributed by atoms with Gasteiger partial charge in [0.1, 0.15) is 6.54 Å². The lowest BCUT2D eigenvalue weighted by Gasteiger charge is -2.33. The largest absolute Gasteiger partial charge is 0.356 e. The van der Waals surface area contributed by atoms with Crippen molar-refractivity contribution < 1.29 is 4.79 Å². The topological polar surface area (TPSA) is 47.9 Å². The van der Waals surface area contributed by atoms with Gasteiger partial charge in [-0.2, -0.15) is 0 Å². The summed E-state index contributed by atoms with van der Waals surface area (Å²) in [5.74, 6) is 1.57. The second-order valence-electron chi connectivity index (χ2n) is 6.78. The van der Waals surface area contributed by atoms with Crippen LogP contribution in [0.2, 0.25) is 0 Å². The number of nitrogens with one attached hydrogen (secondary N) is 1. The van der Waals surface area contributed by atoms with Crippen molar-refractivity contribution in [3.05, 3.63) is 35.9 Å². The fourth-order valence-electron chi connectivity index (χ4n) is 2.90. The number of piperidine rings is 1. The molecule has 6 heteroatoms. The molecule has 1 unspecified atom stereocenters. The maximum absolute atomic E-state index is 11.9. The summed E-state index contributed by atoms with van der Waals surface area (Å²) in [6.07, 6.45) is 3.40. The minimum Gasteiger partial charge on any atom is -0.356 e. The van der Waals surface area contributed by atoms with Gasteiger partial charge in [0.2, 0.25) is 5.91 Å². The van der Waals surface area contributed by atoms with E-state index in [1.165, 1.54) is 18.4 Å². The minimum absolute atomic E-state index is 0. The SMILES string of the molecule is CC1CCCN(C(=NCC(=O)N(C)C)NCCc2ccccc2)C1.I. The molecule has 0 aliphatic carbocycles. The van der Waals surface area contributed by atoms with Crippen LogP contribution in [0.4, 0.5) is 0 Å². The van der Waals surface area contributed by atoms with E-state index in [2.05, 4.69) is 46.4 Å². The van der Waals surface area contributed by atoms with Gasteiger partial charge in [0.25, 0.3) is 0 Å². The van der Waals surface area contributed by atoms with Crippen LogP contribution in [0.1, 0.15) is 25.3 Å². The molecule has 0 radical (unpaired) electrons. The molecular weight excluding hydrogens is 427 g/mol. The van der Waals surface area contributed by atoms with Crippen molar-refractivity contribution in [1.29, 1.82) is 0 Å². The fourth-order valence-corrected chi connectivity index (χ4v) is 2.90. The molecule has 0 aromatic heterocycles. The molecule has 1 atom stereocenters. The summed E-state index contributed by atoms with van der Waals surface area (Å²) >= 11 is 0. The minimum atomic E-state index is 0. The van der Waals surface area contributed by atoms with Gasteiger partial charge in [-0.05, 0) is 30.7 Å². The predicted molar refractivity (Wildman–Crippen MR) is 115 cm³/mol. The normalized spacial score (nSPS) is 17.6. The van der Waals surface area contributed by atoms with Crippen LogP contribution in [0.3, 0.4) is 0 Å². The zero-order chi connectivity index (χ0) is 17.4. The van der Waals surface area contributed by atoms with Crippen LogP contribution in [0, 0.1) is 5.92 Å². The van der Waals surface area contributed by atoms with Crippen LogP contribution in [0.15, 0.2) is 35.3 Å². The molecule has 5 nitrogen and oxygen atoms in total. The highest BCUT2D eigenvalue weighted by Gasteiger charge is 2.19. The van der Waals surface area contributed by atoms with E-state index in [9.17, 15) is 4.79 Å². The maximum Gasteiger partial charge on any atom is 0.243 e. The van der Waals surface area contributed by atoms with Crippen molar-refractivity contribution in [3.63, 3.8) is 0 Å². The molecule has 0 spiro atoms. The number of halogens is 1. The van der Waals surface area contributed by atoms with Gasteiger partial charge in [-0.3, -0.25) is 4.79 Å². The second-order valence-corrected chi connectivity index (χ2v) is 6.78. The van der Waals surface area contributed by atoms with Crippen molar-refractivity contribution in [1.82, 2.24) is 15.1 Å². The van der Waals surface area contributed by atoms with Crippen LogP contribution in [-0.2, 0) is 11.2 Å². The van der Waals surface area contributed by atoms with E-state index >= 15 is 0 Å². The Balaban J connectivity index is 0.00000312. The lowest BCUT2D eigenvalue weighted by Crippen LogP contribution is -2.47. The van der Waals surface area contributed by atoms with Crippen molar-refractivity contribution in [3.8, 4) is 0 Å². The number of aliphatic imine (C=N–C) groups is 1. The summed E-state index contributed by atoms with van der Waals surface area (Å²) in [6.45, 7) is 5.32. The smallest absolute Gasteiger partial charge is 0.243 e. The fraction of sp³-hybridized carbons (Fsp3) is 0.579. The summed E-state index contributed by atoms with van der Waals surface area (Å²) in [7, 11) is 3.53. The van der Waals surface area contributed by atoms with Crippen LogP contribution in [0.5, 0.6) is 0 Å². The van der Waals surface area contributed by atoms with Gasteiger partial charge in [0, 0.05) is 33.7 Å². The third-order valence-corrected chi connectivity index (χ3v) is 4.36. The zero-order valence-electron chi connectivity index (χ0n) is 15.6. The Kier molecular flexibility index (Phi) is 9.85. The van der Waals surface area contributed by atoms with Gasteiger partial charge in [-0.25, -0.2) is 4.99 Å². The third-order valence-electron chi connectivity index (χ3n) is 4.36. The monoisotopic (exact) mass is 458 g/mol. The number of hydrogen-bond donors (Lipinski definition) is 1. The first kappa shape index (κ1) is 21.7. The van der Waals surface area contributed by atoms with Crippen LogP contribution < -0.4 is 5.32 Å². The van der Waals surface area contributed by atoms with Crippen LogP contribution in [0.25, 0.3) is 0 Å². The first-order valence-electron chi connectivity index (χ1n) is 8.83. The van der Waals surface area contributed by atoms with E-state index in [0.29, 0.717) is 5.92 Å². The molecule has 0 bridgehead atoms. The number of carbonyl (C=O) groups excluding carboxylic acids is 1. The molecule has 25 heavy (non-hydrogen) atoms. The Bertz CT molecular complexity index is 548. The molecule has 2 rings (SSSR count). The highest BCUT2D eigenvalue weighted by molar-refractivity contribution is 14.0. The van der Waals surface area contributed by atoms with E-state index in [1.807, 2.05) is 6.07 Å². The Labute approximate surface area is 168 Å². The van der Waals surface area contributed by atoms with Crippen molar-refractivity contribution in [2.75, 3.05) is 40.3 Å². The first-order valence-corrected chi connectivity index (χ1v) is 8.83. The Morgan fingerprint density at radius 1 is 1.32 bits per heavy atom. The van der Waals surface area contributed by atoms with Crippen molar-refractivity contribution in [2.24, 2.45) is 10.9 Å². The zero-order valence-corrected chi connectivity index (χ0v) is 17.9. The molecule has 1 aromatic carbocycles. The molecule has 1 aromatic rings. The highest BCUT2D eigenvalue weighted by atomic mass is 127. The quantitative estimate of drug-likeness (QED) is 0.419. The molecule has 1 saturated heterocycles. The summed E-state index contributed by atoms with van der Waals surface area (Å²) in [6, 6.07) is 10.4. The average molecular weight is 458 g/mol.